The molecule has 0 aromatic carbocycles. The van der Waals surface area contributed by atoms with Gasteiger partial charge in [0.05, 0.1) is 10.5 Å². The summed E-state index contributed by atoms with van der Waals surface area (Å²) in [5.41, 5.74) is 7.01. The van der Waals surface area contributed by atoms with Crippen molar-refractivity contribution in [1.82, 2.24) is 14.3 Å². The number of anilines is 1. The van der Waals surface area contributed by atoms with Crippen LogP contribution in [0.3, 0.4) is 0 Å². The fraction of sp³-hybridized carbons (Fsp3) is 0.409. The van der Waals surface area contributed by atoms with E-state index in [4.69, 9.17) is 22.9 Å². The highest BCUT2D eigenvalue weighted by Gasteiger charge is 2.35. The van der Waals surface area contributed by atoms with Gasteiger partial charge in [0, 0.05) is 31.2 Å². The maximum atomic E-state index is 13.5. The van der Waals surface area contributed by atoms with Gasteiger partial charge in [0.15, 0.2) is 0 Å². The zero-order valence-electron chi connectivity index (χ0n) is 18.2. The monoisotopic (exact) mass is 471 g/mol. The van der Waals surface area contributed by atoms with E-state index in [0.29, 0.717) is 52.2 Å². The molecule has 2 aliphatic heterocycles. The summed E-state index contributed by atoms with van der Waals surface area (Å²) in [6, 6.07) is 3.63. The molecule has 168 valence electrons. The van der Waals surface area contributed by atoms with Crippen LogP contribution in [0, 0.1) is 12.8 Å². The first-order valence-corrected chi connectivity index (χ1v) is 11.7. The zero-order chi connectivity index (χ0) is 23.2. The maximum Gasteiger partial charge on any atom is 0.267 e. The van der Waals surface area contributed by atoms with Crippen LogP contribution < -0.4 is 16.2 Å². The molecule has 2 saturated heterocycles. The van der Waals surface area contributed by atoms with Crippen LogP contribution in [0.15, 0.2) is 28.0 Å². The average Bonchev–Trinajstić information content (AvgIpc) is 3.03. The van der Waals surface area contributed by atoms with Crippen LogP contribution in [0.1, 0.15) is 37.8 Å². The highest BCUT2D eigenvalue weighted by atomic mass is 32.2. The number of hydrogen-bond acceptors (Lipinski definition) is 7. The zero-order valence-corrected chi connectivity index (χ0v) is 19.8. The van der Waals surface area contributed by atoms with Gasteiger partial charge in [-0.15, -0.1) is 0 Å². The molecule has 0 spiro atoms. The van der Waals surface area contributed by atoms with Gasteiger partial charge in [-0.3, -0.25) is 23.7 Å². The number of carbonyl (C=O) groups is 2. The fourth-order valence-corrected chi connectivity index (χ4v) is 5.61. The summed E-state index contributed by atoms with van der Waals surface area (Å²) in [7, 11) is 0. The van der Waals surface area contributed by atoms with E-state index in [9.17, 15) is 14.4 Å². The molecular weight excluding hydrogens is 446 g/mol. The minimum absolute atomic E-state index is 0.0702. The van der Waals surface area contributed by atoms with Crippen LogP contribution in [0.2, 0.25) is 0 Å². The van der Waals surface area contributed by atoms with Gasteiger partial charge < -0.3 is 10.6 Å². The first kappa shape index (κ1) is 22.5. The van der Waals surface area contributed by atoms with Crippen molar-refractivity contribution in [3.8, 4) is 0 Å². The third-order valence-corrected chi connectivity index (χ3v) is 7.21. The predicted octanol–water partition coefficient (Wildman–Crippen LogP) is 2.31. The number of aryl methyl sites for hydroxylation is 1. The molecule has 2 amide bonds. The third-order valence-electron chi connectivity index (χ3n) is 5.88. The first-order valence-electron chi connectivity index (χ1n) is 10.5. The van der Waals surface area contributed by atoms with Crippen LogP contribution in [-0.2, 0) is 9.59 Å². The quantitative estimate of drug-likeness (QED) is 0.539. The molecule has 4 rings (SSSR count). The van der Waals surface area contributed by atoms with Gasteiger partial charge in [-0.2, -0.15) is 0 Å². The number of primary amides is 1. The summed E-state index contributed by atoms with van der Waals surface area (Å²) >= 11 is 6.58. The van der Waals surface area contributed by atoms with Crippen molar-refractivity contribution in [3.63, 3.8) is 0 Å². The smallest absolute Gasteiger partial charge is 0.267 e. The van der Waals surface area contributed by atoms with Crippen LogP contribution in [0.25, 0.3) is 11.7 Å². The minimum Gasteiger partial charge on any atom is -0.369 e. The second-order valence-corrected chi connectivity index (χ2v) is 10.0. The number of thioether (sulfide) groups is 1. The number of nitrogens with zero attached hydrogens (tertiary/aromatic N) is 4. The van der Waals surface area contributed by atoms with Gasteiger partial charge >= 0.3 is 0 Å². The van der Waals surface area contributed by atoms with Gasteiger partial charge in [-0.05, 0) is 51.3 Å². The summed E-state index contributed by atoms with van der Waals surface area (Å²) in [5.74, 6) is -0.172. The molecule has 10 heteroatoms. The molecule has 2 N–H and O–H groups in total. The van der Waals surface area contributed by atoms with Crippen molar-refractivity contribution in [2.75, 3.05) is 18.0 Å². The van der Waals surface area contributed by atoms with Crippen molar-refractivity contribution in [2.45, 2.75) is 39.7 Å². The van der Waals surface area contributed by atoms with Crippen molar-refractivity contribution in [1.29, 1.82) is 0 Å². The van der Waals surface area contributed by atoms with E-state index in [-0.39, 0.29) is 29.3 Å². The van der Waals surface area contributed by atoms with Gasteiger partial charge in [0.1, 0.15) is 15.8 Å². The predicted molar refractivity (Wildman–Crippen MR) is 130 cm³/mol. The lowest BCUT2D eigenvalue weighted by Crippen LogP contribution is -2.40. The SMILES string of the molecule is Cc1cccn2c(=O)c(/C=C3\SC(=S)N(C(C)C)C3=O)c(N3CCC(C(N)=O)CC3)nc12. The van der Waals surface area contributed by atoms with Crippen LogP contribution >= 0.6 is 24.0 Å². The van der Waals surface area contributed by atoms with Crippen molar-refractivity contribution < 1.29 is 9.59 Å². The van der Waals surface area contributed by atoms with E-state index in [2.05, 4.69) is 0 Å². The van der Waals surface area contributed by atoms with Crippen molar-refractivity contribution in [3.05, 3.63) is 44.7 Å². The number of piperidine rings is 1. The highest BCUT2D eigenvalue weighted by Crippen LogP contribution is 2.35. The van der Waals surface area contributed by atoms with E-state index in [0.717, 1.165) is 5.56 Å². The molecule has 2 aromatic rings. The first-order chi connectivity index (χ1) is 15.2. The molecule has 0 saturated carbocycles. The largest absolute Gasteiger partial charge is 0.369 e. The fourth-order valence-electron chi connectivity index (χ4n) is 4.10. The standard InChI is InChI=1S/C22H25N5O3S2/c1-12(2)27-21(30)16(32-22(27)31)11-15-19(25-9-6-14(7-10-25)17(23)28)24-18-13(3)5-4-8-26(18)20(15)29/h4-5,8,11-12,14H,6-7,9-10H2,1-3H3,(H2,23,28)/b16-11-. The lowest BCUT2D eigenvalue weighted by molar-refractivity contribution is -0.123. The summed E-state index contributed by atoms with van der Waals surface area (Å²) in [6.45, 7) is 6.80. The lowest BCUT2D eigenvalue weighted by Gasteiger charge is -2.32. The topological polar surface area (TPSA) is 101 Å². The molecule has 2 aromatic heterocycles. The number of hydrogen-bond donors (Lipinski definition) is 1. The number of thiocarbonyl (C=S) groups is 1. The van der Waals surface area contributed by atoms with Crippen LogP contribution in [0.4, 0.5) is 5.82 Å². The summed E-state index contributed by atoms with van der Waals surface area (Å²) in [6.07, 6.45) is 4.48. The molecule has 8 nitrogen and oxygen atoms in total. The average molecular weight is 472 g/mol. The number of rotatable bonds is 4. The van der Waals surface area contributed by atoms with Crippen LogP contribution in [0.5, 0.6) is 0 Å². The Kier molecular flexibility index (Phi) is 6.09. The number of aromatic nitrogens is 2. The molecule has 0 radical (unpaired) electrons. The molecule has 0 unspecified atom stereocenters. The Labute approximate surface area is 195 Å². The molecule has 0 aliphatic carbocycles. The normalized spacial score (nSPS) is 19.1. The Morgan fingerprint density at radius 1 is 1.31 bits per heavy atom. The van der Waals surface area contributed by atoms with Gasteiger partial charge in [-0.25, -0.2) is 4.98 Å². The van der Waals surface area contributed by atoms with E-state index in [1.54, 1.807) is 23.2 Å². The molecule has 2 fully saturated rings. The number of amides is 2. The summed E-state index contributed by atoms with van der Waals surface area (Å²) < 4.78 is 1.98. The molecular formula is C22H25N5O3S2. The van der Waals surface area contributed by atoms with E-state index < -0.39 is 0 Å². The minimum atomic E-state index is -0.301. The number of carbonyl (C=O) groups excluding carboxylic acids is 2. The molecule has 0 bridgehead atoms. The Morgan fingerprint density at radius 2 is 2.00 bits per heavy atom. The number of nitrogens with two attached hydrogens (primary N) is 1. The summed E-state index contributed by atoms with van der Waals surface area (Å²) in [5, 5.41) is 0. The maximum absolute atomic E-state index is 13.5. The number of fused-ring (bicyclic) bond motifs is 1. The van der Waals surface area contributed by atoms with E-state index in [1.165, 1.54) is 16.2 Å². The van der Waals surface area contributed by atoms with Gasteiger partial charge in [0.2, 0.25) is 5.91 Å². The van der Waals surface area contributed by atoms with Crippen molar-refractivity contribution in [2.24, 2.45) is 11.7 Å². The third kappa shape index (κ3) is 3.93. The molecule has 2 aliphatic rings. The Bertz CT molecular complexity index is 1210. The molecule has 32 heavy (non-hydrogen) atoms. The second kappa shape index (κ2) is 8.67. The van der Waals surface area contributed by atoms with Gasteiger partial charge in [0.25, 0.3) is 11.5 Å². The molecule has 4 heterocycles. The number of pyridine rings is 1. The Balaban J connectivity index is 1.84. The Hall–Kier alpha value is -2.72. The van der Waals surface area contributed by atoms with Crippen LogP contribution in [-0.4, -0.2) is 49.6 Å². The Morgan fingerprint density at radius 3 is 2.59 bits per heavy atom. The second-order valence-electron chi connectivity index (χ2n) is 8.35. The van der Waals surface area contributed by atoms with Gasteiger partial charge in [-0.1, -0.05) is 30.0 Å². The van der Waals surface area contributed by atoms with E-state index >= 15 is 0 Å². The van der Waals surface area contributed by atoms with Crippen molar-refractivity contribution >= 4 is 57.7 Å². The lowest BCUT2D eigenvalue weighted by atomic mass is 9.96. The van der Waals surface area contributed by atoms with E-state index in [1.807, 2.05) is 31.7 Å². The highest BCUT2D eigenvalue weighted by molar-refractivity contribution is 8.26. The summed E-state index contributed by atoms with van der Waals surface area (Å²) in [4.78, 5) is 46.9. The molecule has 0 atom stereocenters.